The van der Waals surface area contributed by atoms with E-state index in [9.17, 15) is 4.39 Å². The maximum absolute atomic E-state index is 14.2. The van der Waals surface area contributed by atoms with E-state index >= 15 is 0 Å². The lowest BCUT2D eigenvalue weighted by Gasteiger charge is -2.07. The molecule has 0 bridgehead atoms. The molecule has 0 unspecified atom stereocenters. The van der Waals surface area contributed by atoms with Crippen LogP contribution in [0.5, 0.6) is 0 Å². The number of hydrogen-bond donors (Lipinski definition) is 3. The first kappa shape index (κ1) is 24.8. The highest BCUT2D eigenvalue weighted by molar-refractivity contribution is 6.00. The molecule has 200 valence electrons. The molecule has 7 aromatic rings. The van der Waals surface area contributed by atoms with E-state index in [-0.39, 0.29) is 5.82 Å². The average Bonchev–Trinajstić information content (AvgIpc) is 3.61. The first-order valence-electron chi connectivity index (χ1n) is 13.4. The van der Waals surface area contributed by atoms with Crippen LogP contribution in [-0.4, -0.2) is 30.1 Å². The Labute approximate surface area is 235 Å². The van der Waals surface area contributed by atoms with E-state index in [1.165, 1.54) is 17.7 Å². The normalized spacial score (nSPS) is 11.5. The summed E-state index contributed by atoms with van der Waals surface area (Å²) in [6.07, 6.45) is 9.11. The molecule has 8 heteroatoms. The van der Waals surface area contributed by atoms with Crippen molar-refractivity contribution in [2.45, 2.75) is 20.0 Å². The van der Waals surface area contributed by atoms with Crippen molar-refractivity contribution in [1.29, 1.82) is 0 Å². The number of fused-ring (bicyclic) bond motifs is 2. The highest BCUT2D eigenvalue weighted by Gasteiger charge is 2.16. The molecule has 0 radical (unpaired) electrons. The van der Waals surface area contributed by atoms with Crippen LogP contribution in [0.3, 0.4) is 0 Å². The molecule has 0 fully saturated rings. The molecule has 3 N–H and O–H groups in total. The minimum Gasteiger partial charge on any atom is -0.352 e. The molecule has 0 aliphatic heterocycles. The number of nitrogens with zero attached hydrogens (tertiary/aromatic N) is 4. The third kappa shape index (κ3) is 4.97. The van der Waals surface area contributed by atoms with Crippen LogP contribution in [0.1, 0.15) is 16.7 Å². The van der Waals surface area contributed by atoms with Crippen molar-refractivity contribution < 1.29 is 4.39 Å². The molecule has 2 aromatic carbocycles. The number of aromatic amines is 2. The molecule has 0 atom stereocenters. The molecular weight excluding hydrogens is 513 g/mol. The Morgan fingerprint density at radius 3 is 2.46 bits per heavy atom. The Morgan fingerprint density at radius 2 is 1.59 bits per heavy atom. The topological polar surface area (TPSA) is 95.2 Å². The number of aryl methyl sites for hydroxylation is 1. The lowest BCUT2D eigenvalue weighted by Crippen LogP contribution is -2.12. The summed E-state index contributed by atoms with van der Waals surface area (Å²) < 4.78 is 14.2. The van der Waals surface area contributed by atoms with Crippen molar-refractivity contribution in [2.75, 3.05) is 0 Å². The van der Waals surface area contributed by atoms with Crippen molar-refractivity contribution in [3.8, 4) is 33.6 Å². The minimum atomic E-state index is -0.268. The average molecular weight is 540 g/mol. The van der Waals surface area contributed by atoms with Gasteiger partial charge in [0.25, 0.3) is 0 Å². The van der Waals surface area contributed by atoms with Crippen LogP contribution in [0.4, 0.5) is 4.39 Å². The van der Waals surface area contributed by atoms with Gasteiger partial charge in [-0.05, 0) is 59.5 Å². The van der Waals surface area contributed by atoms with Crippen LogP contribution in [-0.2, 0) is 13.1 Å². The van der Waals surface area contributed by atoms with Crippen molar-refractivity contribution >= 4 is 21.9 Å². The van der Waals surface area contributed by atoms with Crippen LogP contribution >= 0.6 is 0 Å². The molecule has 7 nitrogen and oxygen atoms in total. The van der Waals surface area contributed by atoms with Gasteiger partial charge in [-0.1, -0.05) is 36.4 Å². The first-order chi connectivity index (χ1) is 20.1. The third-order valence-electron chi connectivity index (χ3n) is 7.20. The SMILES string of the molecule is Cc1cc(F)cc(-c2cncc3[nH]c(-c4n[nH]c5ncc(-c6cncc(CNCc7ccccc7)c6)cc45)cc23)c1. The van der Waals surface area contributed by atoms with Gasteiger partial charge < -0.3 is 10.3 Å². The van der Waals surface area contributed by atoms with E-state index < -0.39 is 0 Å². The van der Waals surface area contributed by atoms with E-state index in [0.29, 0.717) is 12.2 Å². The van der Waals surface area contributed by atoms with E-state index in [0.717, 1.165) is 67.6 Å². The quantitative estimate of drug-likeness (QED) is 0.203. The molecule has 41 heavy (non-hydrogen) atoms. The summed E-state index contributed by atoms with van der Waals surface area (Å²) in [5, 5.41) is 13.0. The molecule has 0 amide bonds. The Morgan fingerprint density at radius 1 is 0.756 bits per heavy atom. The number of benzene rings is 2. The highest BCUT2D eigenvalue weighted by atomic mass is 19.1. The highest BCUT2D eigenvalue weighted by Crippen LogP contribution is 2.34. The van der Waals surface area contributed by atoms with Crippen molar-refractivity contribution in [3.05, 3.63) is 120 Å². The lowest BCUT2D eigenvalue weighted by molar-refractivity contribution is 0.627. The predicted octanol–water partition coefficient (Wildman–Crippen LogP) is 6.97. The predicted molar refractivity (Wildman–Crippen MR) is 159 cm³/mol. The molecule has 0 saturated carbocycles. The van der Waals surface area contributed by atoms with Crippen molar-refractivity contribution in [1.82, 2.24) is 35.5 Å². The third-order valence-corrected chi connectivity index (χ3v) is 7.20. The second-order valence-corrected chi connectivity index (χ2v) is 10.2. The second kappa shape index (κ2) is 10.4. The van der Waals surface area contributed by atoms with Crippen LogP contribution in [0.15, 0.2) is 97.7 Å². The molecular formula is C33H26FN7. The Bertz CT molecular complexity index is 1990. The molecule has 7 rings (SSSR count). The van der Waals surface area contributed by atoms with Crippen LogP contribution in [0.25, 0.3) is 55.6 Å². The number of H-pyrrole nitrogens is 2. The number of aromatic nitrogens is 6. The standard InChI is InChI=1S/C33H26FN7/c1-20-7-23(10-26(34)8-20)29-18-37-19-31-27(29)12-30(39-31)32-28-11-25(17-38-33(28)41-40-32)24-9-22(15-36-16-24)14-35-13-21-5-3-2-4-6-21/h2-12,15-19,35,39H,13-14H2,1H3,(H,38,40,41). The van der Waals surface area contributed by atoms with Gasteiger partial charge in [0.15, 0.2) is 5.65 Å². The summed E-state index contributed by atoms with van der Waals surface area (Å²) in [4.78, 5) is 17.0. The summed E-state index contributed by atoms with van der Waals surface area (Å²) >= 11 is 0. The smallest absolute Gasteiger partial charge is 0.155 e. The molecule has 5 aromatic heterocycles. The van der Waals surface area contributed by atoms with Gasteiger partial charge in [-0.15, -0.1) is 0 Å². The number of halogens is 1. The van der Waals surface area contributed by atoms with Gasteiger partial charge >= 0.3 is 0 Å². The molecule has 0 saturated heterocycles. The maximum atomic E-state index is 14.2. The zero-order valence-corrected chi connectivity index (χ0v) is 22.3. The fraction of sp³-hybridized carbons (Fsp3) is 0.0909. The van der Waals surface area contributed by atoms with Gasteiger partial charge in [0.1, 0.15) is 11.5 Å². The summed E-state index contributed by atoms with van der Waals surface area (Å²) in [6.45, 7) is 3.38. The number of nitrogens with one attached hydrogen (secondary N) is 3. The number of pyridine rings is 3. The maximum Gasteiger partial charge on any atom is 0.155 e. The monoisotopic (exact) mass is 539 g/mol. The molecule has 0 aliphatic carbocycles. The molecule has 0 aliphatic rings. The van der Waals surface area contributed by atoms with E-state index in [1.807, 2.05) is 55.8 Å². The summed E-state index contributed by atoms with van der Waals surface area (Å²) in [7, 11) is 0. The number of rotatable bonds is 7. The Kier molecular flexibility index (Phi) is 6.29. The fourth-order valence-corrected chi connectivity index (χ4v) is 5.26. The Balaban J connectivity index is 1.21. The van der Waals surface area contributed by atoms with Gasteiger partial charge in [-0.3, -0.25) is 15.1 Å². The van der Waals surface area contributed by atoms with E-state index in [4.69, 9.17) is 0 Å². The minimum absolute atomic E-state index is 0.268. The van der Waals surface area contributed by atoms with Crippen LogP contribution in [0, 0.1) is 12.7 Å². The second-order valence-electron chi connectivity index (χ2n) is 10.2. The van der Waals surface area contributed by atoms with Gasteiger partial charge in [-0.25, -0.2) is 9.37 Å². The number of hydrogen-bond acceptors (Lipinski definition) is 5. The summed E-state index contributed by atoms with van der Waals surface area (Å²) in [6, 6.07) is 21.6. The fourth-order valence-electron chi connectivity index (χ4n) is 5.26. The largest absolute Gasteiger partial charge is 0.352 e. The van der Waals surface area contributed by atoms with Crippen LogP contribution < -0.4 is 5.32 Å². The lowest BCUT2D eigenvalue weighted by atomic mass is 10.0. The summed E-state index contributed by atoms with van der Waals surface area (Å²) in [5.74, 6) is -0.268. The Hall–Kier alpha value is -5.21. The molecule has 5 heterocycles. The van der Waals surface area contributed by atoms with Crippen LogP contribution in [0.2, 0.25) is 0 Å². The summed E-state index contributed by atoms with van der Waals surface area (Å²) in [5.41, 5.74) is 9.87. The van der Waals surface area contributed by atoms with Gasteiger partial charge in [0.2, 0.25) is 0 Å². The van der Waals surface area contributed by atoms with Crippen molar-refractivity contribution in [3.63, 3.8) is 0 Å². The molecule has 0 spiro atoms. The zero-order valence-electron chi connectivity index (χ0n) is 22.3. The van der Waals surface area contributed by atoms with Gasteiger partial charge in [0, 0.05) is 65.3 Å². The van der Waals surface area contributed by atoms with Crippen molar-refractivity contribution in [2.24, 2.45) is 0 Å². The first-order valence-corrected chi connectivity index (χ1v) is 13.4. The van der Waals surface area contributed by atoms with Gasteiger partial charge in [-0.2, -0.15) is 5.10 Å². The van der Waals surface area contributed by atoms with Gasteiger partial charge in [0.05, 0.1) is 17.4 Å². The van der Waals surface area contributed by atoms with E-state index in [1.54, 1.807) is 12.4 Å². The zero-order chi connectivity index (χ0) is 27.8. The van der Waals surface area contributed by atoms with E-state index in [2.05, 4.69) is 59.7 Å².